The van der Waals surface area contributed by atoms with E-state index >= 15 is 0 Å². The van der Waals surface area contributed by atoms with Crippen LogP contribution in [-0.4, -0.2) is 14.1 Å². The third-order valence-electron chi connectivity index (χ3n) is 3.14. The lowest BCUT2D eigenvalue weighted by Crippen LogP contribution is -2.14. The summed E-state index contributed by atoms with van der Waals surface area (Å²) in [6.45, 7) is 0. The van der Waals surface area contributed by atoms with Gasteiger partial charge in [0.15, 0.2) is 0 Å². The molecule has 0 saturated heterocycles. The Kier molecular flexibility index (Phi) is 4.00. The number of benzene rings is 2. The van der Waals surface area contributed by atoms with Crippen LogP contribution in [-0.2, 0) is 6.42 Å². The minimum absolute atomic E-state index is 0.0589. The lowest BCUT2D eigenvalue weighted by atomic mass is 9.99. The number of hydrogen-bond donors (Lipinski definition) is 1. The van der Waals surface area contributed by atoms with E-state index in [4.69, 9.17) is 5.73 Å². The predicted molar refractivity (Wildman–Crippen MR) is 77.8 cm³/mol. The van der Waals surface area contributed by atoms with Crippen LogP contribution in [0.5, 0.6) is 0 Å². The fraction of sp³-hybridized carbons (Fsp3) is 0.250. The molecule has 0 radical (unpaired) electrons. The minimum atomic E-state index is 0.0589. The van der Waals surface area contributed by atoms with Crippen molar-refractivity contribution in [1.82, 2.24) is 0 Å². The largest absolute Gasteiger partial charge is 0.378 e. The van der Waals surface area contributed by atoms with Crippen molar-refractivity contribution in [3.05, 3.63) is 65.7 Å². The molecule has 2 aromatic rings. The summed E-state index contributed by atoms with van der Waals surface area (Å²) < 4.78 is 0. The number of nitrogens with zero attached hydrogens (tertiary/aromatic N) is 1. The molecule has 2 N–H and O–H groups in total. The quantitative estimate of drug-likeness (QED) is 0.890. The van der Waals surface area contributed by atoms with Gasteiger partial charge in [-0.2, -0.15) is 0 Å². The number of hydrogen-bond acceptors (Lipinski definition) is 2. The van der Waals surface area contributed by atoms with Gasteiger partial charge >= 0.3 is 0 Å². The zero-order chi connectivity index (χ0) is 13.0. The highest BCUT2D eigenvalue weighted by molar-refractivity contribution is 5.46. The third kappa shape index (κ3) is 3.11. The van der Waals surface area contributed by atoms with E-state index in [9.17, 15) is 0 Å². The monoisotopic (exact) mass is 240 g/mol. The SMILES string of the molecule is CN(C)c1ccc(C(N)Cc2ccccc2)cc1. The average Bonchev–Trinajstić information content (AvgIpc) is 2.40. The maximum atomic E-state index is 6.24. The van der Waals surface area contributed by atoms with Crippen molar-refractivity contribution in [1.29, 1.82) is 0 Å². The molecule has 2 rings (SSSR count). The van der Waals surface area contributed by atoms with Crippen LogP contribution in [0.4, 0.5) is 5.69 Å². The van der Waals surface area contributed by atoms with Crippen LogP contribution >= 0.6 is 0 Å². The average molecular weight is 240 g/mol. The van der Waals surface area contributed by atoms with Gasteiger partial charge in [-0.25, -0.2) is 0 Å². The Morgan fingerprint density at radius 3 is 2.11 bits per heavy atom. The summed E-state index contributed by atoms with van der Waals surface area (Å²) in [5.41, 5.74) is 9.90. The zero-order valence-corrected chi connectivity index (χ0v) is 11.0. The molecule has 0 heterocycles. The van der Waals surface area contributed by atoms with E-state index in [1.165, 1.54) is 16.8 Å². The second-order valence-electron chi connectivity index (χ2n) is 4.78. The van der Waals surface area contributed by atoms with Crippen molar-refractivity contribution >= 4 is 5.69 Å². The first-order valence-corrected chi connectivity index (χ1v) is 6.23. The fourth-order valence-electron chi connectivity index (χ4n) is 2.01. The molecule has 1 atom stereocenters. The zero-order valence-electron chi connectivity index (χ0n) is 11.0. The Hall–Kier alpha value is -1.80. The Morgan fingerprint density at radius 1 is 0.944 bits per heavy atom. The van der Waals surface area contributed by atoms with Gasteiger partial charge in [-0.15, -0.1) is 0 Å². The molecule has 2 aromatic carbocycles. The van der Waals surface area contributed by atoms with Gasteiger partial charge in [0.2, 0.25) is 0 Å². The van der Waals surface area contributed by atoms with Gasteiger partial charge in [0.1, 0.15) is 0 Å². The molecule has 0 fully saturated rings. The van der Waals surface area contributed by atoms with Gasteiger partial charge < -0.3 is 10.6 Å². The molecule has 0 aromatic heterocycles. The standard InChI is InChI=1S/C16H20N2/c1-18(2)15-10-8-14(9-11-15)16(17)12-13-6-4-3-5-7-13/h3-11,16H,12,17H2,1-2H3. The van der Waals surface area contributed by atoms with Crippen LogP contribution in [0.15, 0.2) is 54.6 Å². The van der Waals surface area contributed by atoms with Gasteiger partial charge in [-0.05, 0) is 29.7 Å². The topological polar surface area (TPSA) is 29.3 Å². The highest BCUT2D eigenvalue weighted by Gasteiger charge is 2.07. The maximum Gasteiger partial charge on any atom is 0.0361 e. The van der Waals surface area contributed by atoms with Crippen LogP contribution < -0.4 is 10.6 Å². The lowest BCUT2D eigenvalue weighted by Gasteiger charge is -2.16. The third-order valence-corrected chi connectivity index (χ3v) is 3.14. The summed E-state index contributed by atoms with van der Waals surface area (Å²) >= 11 is 0. The van der Waals surface area contributed by atoms with Crippen LogP contribution in [0.25, 0.3) is 0 Å². The van der Waals surface area contributed by atoms with E-state index in [1.54, 1.807) is 0 Å². The van der Waals surface area contributed by atoms with Crippen LogP contribution in [0.3, 0.4) is 0 Å². The summed E-state index contributed by atoms with van der Waals surface area (Å²) in [6.07, 6.45) is 0.877. The van der Waals surface area contributed by atoms with Crippen LogP contribution in [0, 0.1) is 0 Å². The van der Waals surface area contributed by atoms with Gasteiger partial charge in [0, 0.05) is 25.8 Å². The molecule has 0 amide bonds. The second kappa shape index (κ2) is 5.69. The lowest BCUT2D eigenvalue weighted by molar-refractivity contribution is 0.722. The smallest absolute Gasteiger partial charge is 0.0361 e. The maximum absolute atomic E-state index is 6.24. The summed E-state index contributed by atoms with van der Waals surface area (Å²) in [6, 6.07) is 18.9. The molecular weight excluding hydrogens is 220 g/mol. The van der Waals surface area contributed by atoms with Gasteiger partial charge in [0.05, 0.1) is 0 Å². The molecule has 0 aliphatic carbocycles. The number of rotatable bonds is 4. The Balaban J connectivity index is 2.07. The summed E-state index contributed by atoms with van der Waals surface area (Å²) in [4.78, 5) is 2.09. The van der Waals surface area contributed by atoms with Gasteiger partial charge in [-0.3, -0.25) is 0 Å². The molecule has 1 unspecified atom stereocenters. The highest BCUT2D eigenvalue weighted by atomic mass is 15.1. The molecule has 0 aliphatic rings. The first-order chi connectivity index (χ1) is 8.66. The van der Waals surface area contributed by atoms with Crippen molar-refractivity contribution in [2.45, 2.75) is 12.5 Å². The molecule has 0 bridgehead atoms. The molecule has 2 heteroatoms. The van der Waals surface area contributed by atoms with Gasteiger partial charge in [0.25, 0.3) is 0 Å². The van der Waals surface area contributed by atoms with Crippen molar-refractivity contribution in [2.24, 2.45) is 5.73 Å². The predicted octanol–water partition coefficient (Wildman–Crippen LogP) is 3.00. The molecule has 94 valence electrons. The van der Waals surface area contributed by atoms with E-state index in [1.807, 2.05) is 20.2 Å². The summed E-state index contributed by atoms with van der Waals surface area (Å²) in [5, 5.41) is 0. The van der Waals surface area contributed by atoms with Crippen molar-refractivity contribution in [3.8, 4) is 0 Å². The normalized spacial score (nSPS) is 12.2. The van der Waals surface area contributed by atoms with Crippen molar-refractivity contribution in [2.75, 3.05) is 19.0 Å². The highest BCUT2D eigenvalue weighted by Crippen LogP contribution is 2.19. The van der Waals surface area contributed by atoms with Gasteiger partial charge in [-0.1, -0.05) is 42.5 Å². The number of anilines is 1. The molecule has 0 saturated carbocycles. The molecular formula is C16H20N2. The van der Waals surface area contributed by atoms with Crippen LogP contribution in [0.2, 0.25) is 0 Å². The van der Waals surface area contributed by atoms with Crippen LogP contribution in [0.1, 0.15) is 17.2 Å². The first kappa shape index (κ1) is 12.7. The van der Waals surface area contributed by atoms with E-state index in [0.717, 1.165) is 6.42 Å². The first-order valence-electron chi connectivity index (χ1n) is 6.23. The Morgan fingerprint density at radius 2 is 1.56 bits per heavy atom. The Labute approximate surface area is 109 Å². The molecule has 2 nitrogen and oxygen atoms in total. The van der Waals surface area contributed by atoms with Crippen molar-refractivity contribution < 1.29 is 0 Å². The molecule has 18 heavy (non-hydrogen) atoms. The molecule has 0 aliphatic heterocycles. The van der Waals surface area contributed by atoms with E-state index < -0.39 is 0 Å². The van der Waals surface area contributed by atoms with E-state index in [0.29, 0.717) is 0 Å². The molecule has 0 spiro atoms. The fourth-order valence-corrected chi connectivity index (χ4v) is 2.01. The minimum Gasteiger partial charge on any atom is -0.378 e. The second-order valence-corrected chi connectivity index (χ2v) is 4.78. The van der Waals surface area contributed by atoms with E-state index in [2.05, 4.69) is 53.4 Å². The van der Waals surface area contributed by atoms with E-state index in [-0.39, 0.29) is 6.04 Å². The van der Waals surface area contributed by atoms with Crippen molar-refractivity contribution in [3.63, 3.8) is 0 Å². The Bertz CT molecular complexity index is 474. The number of nitrogens with two attached hydrogens (primary N) is 1. The summed E-state index contributed by atoms with van der Waals surface area (Å²) in [5.74, 6) is 0. The summed E-state index contributed by atoms with van der Waals surface area (Å²) in [7, 11) is 4.08.